The Hall–Kier alpha value is -1.21. The van der Waals surface area contributed by atoms with Crippen LogP contribution in [0.25, 0.3) is 0 Å². The minimum Gasteiger partial charge on any atom is -0.372 e. The lowest BCUT2D eigenvalue weighted by atomic mass is 10.3. The molecule has 0 atom stereocenters. The average molecular weight is 277 g/mol. The van der Waals surface area contributed by atoms with Crippen LogP contribution in [0.2, 0.25) is 0 Å². The van der Waals surface area contributed by atoms with Crippen LogP contribution in [0.3, 0.4) is 0 Å². The van der Waals surface area contributed by atoms with Crippen LogP contribution in [0, 0.1) is 0 Å². The van der Waals surface area contributed by atoms with E-state index in [0.717, 1.165) is 18.7 Å². The molecule has 108 valence electrons. The van der Waals surface area contributed by atoms with Gasteiger partial charge in [0.1, 0.15) is 12.4 Å². The monoisotopic (exact) mass is 277 g/mol. The van der Waals surface area contributed by atoms with Crippen LogP contribution in [-0.4, -0.2) is 35.9 Å². The van der Waals surface area contributed by atoms with Gasteiger partial charge in [-0.05, 0) is 19.0 Å². The number of hydrogen-bond acceptors (Lipinski definition) is 4. The minimum absolute atomic E-state index is 0.0364. The maximum atomic E-state index is 11.9. The molecule has 7 heteroatoms. The summed E-state index contributed by atoms with van der Waals surface area (Å²) in [5.74, 6) is 0.498. The number of alkyl halides is 3. The highest BCUT2D eigenvalue weighted by Crippen LogP contribution is 2.14. The normalized spacial score (nSPS) is 11.8. The van der Waals surface area contributed by atoms with E-state index in [1.807, 2.05) is 0 Å². The zero-order valence-corrected chi connectivity index (χ0v) is 10.8. The van der Waals surface area contributed by atoms with E-state index in [4.69, 9.17) is 0 Å². The molecule has 1 N–H and O–H groups in total. The molecule has 0 aliphatic rings. The van der Waals surface area contributed by atoms with Gasteiger partial charge in [-0.15, -0.1) is 0 Å². The standard InChI is InChI=1S/C12H18F3N3O/c1-2-5-16-8-10-3-6-17-11(18-10)4-7-19-9-12(13,14)15/h3,6,16H,2,4-5,7-9H2,1H3. The van der Waals surface area contributed by atoms with E-state index in [0.29, 0.717) is 12.4 Å². The fourth-order valence-electron chi connectivity index (χ4n) is 1.40. The van der Waals surface area contributed by atoms with Gasteiger partial charge in [0, 0.05) is 19.2 Å². The van der Waals surface area contributed by atoms with Crippen molar-refractivity contribution in [1.82, 2.24) is 15.3 Å². The molecule has 1 aromatic heterocycles. The average Bonchev–Trinajstić information content (AvgIpc) is 2.35. The summed E-state index contributed by atoms with van der Waals surface area (Å²) in [4.78, 5) is 8.25. The third-order valence-corrected chi connectivity index (χ3v) is 2.23. The summed E-state index contributed by atoms with van der Waals surface area (Å²) < 4.78 is 40.1. The van der Waals surface area contributed by atoms with E-state index in [1.165, 1.54) is 0 Å². The van der Waals surface area contributed by atoms with Gasteiger partial charge in [0.05, 0.1) is 12.3 Å². The molecular formula is C12H18F3N3O. The summed E-state index contributed by atoms with van der Waals surface area (Å²) >= 11 is 0. The van der Waals surface area contributed by atoms with Crippen LogP contribution in [0.5, 0.6) is 0 Å². The van der Waals surface area contributed by atoms with Gasteiger partial charge in [-0.3, -0.25) is 0 Å². The van der Waals surface area contributed by atoms with Gasteiger partial charge >= 0.3 is 6.18 Å². The zero-order chi connectivity index (χ0) is 14.1. The Morgan fingerprint density at radius 1 is 1.37 bits per heavy atom. The predicted octanol–water partition coefficient (Wildman–Crippen LogP) is 2.10. The number of halogens is 3. The van der Waals surface area contributed by atoms with Gasteiger partial charge in [-0.25, -0.2) is 9.97 Å². The minimum atomic E-state index is -4.28. The predicted molar refractivity (Wildman–Crippen MR) is 64.6 cm³/mol. The van der Waals surface area contributed by atoms with Gasteiger partial charge in [0.2, 0.25) is 0 Å². The third kappa shape index (κ3) is 7.74. The molecule has 0 aliphatic heterocycles. The van der Waals surface area contributed by atoms with E-state index in [-0.39, 0.29) is 13.0 Å². The first-order chi connectivity index (χ1) is 9.01. The molecule has 0 unspecified atom stereocenters. The van der Waals surface area contributed by atoms with E-state index >= 15 is 0 Å². The van der Waals surface area contributed by atoms with Crippen molar-refractivity contribution in [3.63, 3.8) is 0 Å². The molecule has 1 rings (SSSR count). The molecule has 4 nitrogen and oxygen atoms in total. The lowest BCUT2D eigenvalue weighted by Gasteiger charge is -2.07. The fourth-order valence-corrected chi connectivity index (χ4v) is 1.40. The quantitative estimate of drug-likeness (QED) is 0.739. The fraction of sp³-hybridized carbons (Fsp3) is 0.667. The first-order valence-electron chi connectivity index (χ1n) is 6.17. The topological polar surface area (TPSA) is 47.0 Å². The van der Waals surface area contributed by atoms with Crippen LogP contribution in [-0.2, 0) is 17.7 Å². The zero-order valence-electron chi connectivity index (χ0n) is 10.8. The van der Waals surface area contributed by atoms with Crippen molar-refractivity contribution in [2.75, 3.05) is 19.8 Å². The molecule has 0 saturated heterocycles. The van der Waals surface area contributed by atoms with Gasteiger partial charge < -0.3 is 10.1 Å². The first-order valence-corrected chi connectivity index (χ1v) is 6.17. The summed E-state index contributed by atoms with van der Waals surface area (Å²) in [6.07, 6.45) is -1.37. The van der Waals surface area contributed by atoms with Crippen molar-refractivity contribution in [2.45, 2.75) is 32.5 Å². The van der Waals surface area contributed by atoms with Crippen molar-refractivity contribution in [3.05, 3.63) is 23.8 Å². The maximum absolute atomic E-state index is 11.9. The Morgan fingerprint density at radius 3 is 2.84 bits per heavy atom. The highest BCUT2D eigenvalue weighted by atomic mass is 19.4. The Balaban J connectivity index is 2.31. The van der Waals surface area contributed by atoms with E-state index < -0.39 is 12.8 Å². The second kappa shape index (κ2) is 8.06. The summed E-state index contributed by atoms with van der Waals surface area (Å²) in [6, 6.07) is 1.78. The van der Waals surface area contributed by atoms with Crippen molar-refractivity contribution >= 4 is 0 Å². The van der Waals surface area contributed by atoms with Crippen LogP contribution < -0.4 is 5.32 Å². The molecule has 0 radical (unpaired) electrons. The van der Waals surface area contributed by atoms with Crippen molar-refractivity contribution in [1.29, 1.82) is 0 Å². The Morgan fingerprint density at radius 2 is 2.16 bits per heavy atom. The smallest absolute Gasteiger partial charge is 0.372 e. The van der Waals surface area contributed by atoms with Crippen LogP contribution in [0.4, 0.5) is 13.2 Å². The molecule has 0 bridgehead atoms. The van der Waals surface area contributed by atoms with E-state index in [2.05, 4.69) is 26.9 Å². The SMILES string of the molecule is CCCNCc1ccnc(CCOCC(F)(F)F)n1. The Kier molecular flexibility index (Phi) is 6.72. The number of nitrogens with zero attached hydrogens (tertiary/aromatic N) is 2. The molecule has 19 heavy (non-hydrogen) atoms. The summed E-state index contributed by atoms with van der Waals surface area (Å²) in [6.45, 7) is 2.33. The van der Waals surface area contributed by atoms with Crippen molar-refractivity contribution in [3.8, 4) is 0 Å². The first kappa shape index (κ1) is 15.8. The Bertz CT molecular complexity index is 371. The number of aromatic nitrogens is 2. The highest BCUT2D eigenvalue weighted by molar-refractivity contribution is 5.02. The molecule has 0 saturated carbocycles. The van der Waals surface area contributed by atoms with Crippen molar-refractivity contribution in [2.24, 2.45) is 0 Å². The number of rotatable bonds is 8. The largest absolute Gasteiger partial charge is 0.411 e. The molecule has 0 aromatic carbocycles. The highest BCUT2D eigenvalue weighted by Gasteiger charge is 2.27. The molecule has 1 aromatic rings. The Labute approximate surface area is 110 Å². The number of hydrogen-bond donors (Lipinski definition) is 1. The van der Waals surface area contributed by atoms with E-state index in [1.54, 1.807) is 12.3 Å². The molecule has 0 fully saturated rings. The number of nitrogens with one attached hydrogen (secondary N) is 1. The van der Waals surface area contributed by atoms with Gasteiger partial charge in [-0.1, -0.05) is 6.92 Å². The van der Waals surface area contributed by atoms with Crippen LogP contribution in [0.1, 0.15) is 24.9 Å². The molecular weight excluding hydrogens is 259 g/mol. The second-order valence-electron chi connectivity index (χ2n) is 4.06. The number of ether oxygens (including phenoxy) is 1. The summed E-state index contributed by atoms with van der Waals surface area (Å²) in [5, 5.41) is 3.20. The lowest BCUT2D eigenvalue weighted by molar-refractivity contribution is -0.173. The lowest BCUT2D eigenvalue weighted by Crippen LogP contribution is -2.19. The van der Waals surface area contributed by atoms with Gasteiger partial charge in [0.25, 0.3) is 0 Å². The van der Waals surface area contributed by atoms with Crippen LogP contribution in [0.15, 0.2) is 12.3 Å². The molecule has 0 spiro atoms. The second-order valence-corrected chi connectivity index (χ2v) is 4.06. The molecule has 0 aliphatic carbocycles. The summed E-state index contributed by atoms with van der Waals surface area (Å²) in [5.41, 5.74) is 0.828. The molecule has 0 amide bonds. The van der Waals surface area contributed by atoms with Gasteiger partial charge in [-0.2, -0.15) is 13.2 Å². The van der Waals surface area contributed by atoms with Crippen LogP contribution >= 0.6 is 0 Å². The van der Waals surface area contributed by atoms with Crippen molar-refractivity contribution < 1.29 is 17.9 Å². The van der Waals surface area contributed by atoms with Gasteiger partial charge in [0.15, 0.2) is 0 Å². The maximum Gasteiger partial charge on any atom is 0.411 e. The summed E-state index contributed by atoms with van der Waals surface area (Å²) in [7, 11) is 0. The van der Waals surface area contributed by atoms with E-state index in [9.17, 15) is 13.2 Å². The third-order valence-electron chi connectivity index (χ3n) is 2.23. The molecule has 1 heterocycles.